The van der Waals surface area contributed by atoms with Crippen molar-refractivity contribution in [2.24, 2.45) is 0 Å². The Kier molecular flexibility index (Phi) is 2.20. The van der Waals surface area contributed by atoms with Gasteiger partial charge in [0.15, 0.2) is 5.58 Å². The molecule has 0 fully saturated rings. The van der Waals surface area contributed by atoms with Gasteiger partial charge < -0.3 is 13.8 Å². The second-order valence-electron chi connectivity index (χ2n) is 7.87. The summed E-state index contributed by atoms with van der Waals surface area (Å²) in [6.07, 6.45) is 0. The maximum Gasteiger partial charge on any atom is 0.161 e. The highest BCUT2D eigenvalue weighted by atomic mass is 16.3. The zero-order valence-corrected chi connectivity index (χ0v) is 15.4. The van der Waals surface area contributed by atoms with Crippen molar-refractivity contribution < 1.29 is 4.42 Å². The van der Waals surface area contributed by atoms with Crippen molar-refractivity contribution in [1.82, 2.24) is 9.38 Å². The minimum absolute atomic E-state index is 0.932. The Labute approximate surface area is 164 Å². The van der Waals surface area contributed by atoms with Crippen LogP contribution in [0.5, 0.6) is 0 Å². The predicted molar refractivity (Wildman–Crippen MR) is 120 cm³/mol. The van der Waals surface area contributed by atoms with Crippen LogP contribution in [0.15, 0.2) is 83.3 Å². The monoisotopic (exact) mass is 370 g/mol. The normalized spacial score (nSPS) is 12.8. The van der Waals surface area contributed by atoms with E-state index in [1.54, 1.807) is 0 Å². The number of rotatable bonds is 0. The molecule has 0 bridgehead atoms. The summed E-state index contributed by atoms with van der Waals surface area (Å²) < 4.78 is 8.80. The van der Waals surface area contributed by atoms with Gasteiger partial charge in [0.25, 0.3) is 0 Å². The third kappa shape index (κ3) is 1.47. The lowest BCUT2D eigenvalue weighted by atomic mass is 10.0. The number of aromatic amines is 1. The first kappa shape index (κ1) is 14.1. The van der Waals surface area contributed by atoms with E-state index in [-0.39, 0.29) is 0 Å². The third-order valence-electron chi connectivity index (χ3n) is 6.45. The lowest BCUT2D eigenvalue weighted by molar-refractivity contribution is 0.673. The molecule has 0 aliphatic heterocycles. The summed E-state index contributed by atoms with van der Waals surface area (Å²) in [5.74, 6) is 0. The number of nitrogens with one attached hydrogen (secondary N) is 1. The van der Waals surface area contributed by atoms with E-state index in [2.05, 4.69) is 82.2 Å². The molecule has 0 saturated heterocycles. The third-order valence-corrected chi connectivity index (χ3v) is 6.45. The van der Waals surface area contributed by atoms with Crippen molar-refractivity contribution in [3.8, 4) is 0 Å². The minimum Gasteiger partial charge on any atom is -0.454 e. The van der Waals surface area contributed by atoms with Crippen LogP contribution >= 0.6 is 0 Å². The Balaban J connectivity index is 1.91. The maximum atomic E-state index is 6.38. The van der Waals surface area contributed by atoms with Gasteiger partial charge in [0, 0.05) is 38.0 Å². The molecule has 8 aromatic rings. The minimum atomic E-state index is 0.932. The first-order chi connectivity index (χ1) is 14.4. The van der Waals surface area contributed by atoms with Gasteiger partial charge in [-0.3, -0.25) is 0 Å². The number of nitrogens with zero attached hydrogens (tertiary/aromatic N) is 1. The zero-order chi connectivity index (χ0) is 18.7. The molecule has 0 aliphatic rings. The van der Waals surface area contributed by atoms with Crippen LogP contribution in [0.1, 0.15) is 0 Å². The molecule has 8 rings (SSSR count). The molecule has 29 heavy (non-hydrogen) atoms. The summed E-state index contributed by atoms with van der Waals surface area (Å²) in [6, 6.07) is 28.0. The van der Waals surface area contributed by atoms with Gasteiger partial charge in [-0.15, -0.1) is 0 Å². The highest BCUT2D eigenvalue weighted by molar-refractivity contribution is 6.31. The summed E-state index contributed by atoms with van der Waals surface area (Å²) in [5.41, 5.74) is 7.83. The number of hydrogen-bond acceptors (Lipinski definition) is 1. The number of hydrogen-bond donors (Lipinski definition) is 1. The Hall–Kier alpha value is -3.98. The maximum absolute atomic E-state index is 6.38. The molecule has 0 unspecified atom stereocenters. The first-order valence-corrected chi connectivity index (χ1v) is 9.89. The van der Waals surface area contributed by atoms with Crippen LogP contribution in [0, 0.1) is 0 Å². The second-order valence-corrected chi connectivity index (χ2v) is 7.87. The number of para-hydroxylation sites is 2. The fourth-order valence-electron chi connectivity index (χ4n) is 5.36. The smallest absolute Gasteiger partial charge is 0.161 e. The van der Waals surface area contributed by atoms with Crippen LogP contribution in [0.3, 0.4) is 0 Å². The van der Waals surface area contributed by atoms with Crippen LogP contribution in [-0.2, 0) is 0 Å². The molecule has 0 aliphatic carbocycles. The largest absolute Gasteiger partial charge is 0.454 e. The molecule has 0 saturated carbocycles. The van der Waals surface area contributed by atoms with Crippen molar-refractivity contribution in [1.29, 1.82) is 0 Å². The number of furan rings is 1. The molecule has 3 heteroatoms. The summed E-state index contributed by atoms with van der Waals surface area (Å²) in [5, 5.41) is 7.42. The topological polar surface area (TPSA) is 33.3 Å². The van der Waals surface area contributed by atoms with Gasteiger partial charge in [-0.25, -0.2) is 0 Å². The Bertz CT molecular complexity index is 1910. The molecule has 3 nitrogen and oxygen atoms in total. The summed E-state index contributed by atoms with van der Waals surface area (Å²) in [6.45, 7) is 0. The number of fused-ring (bicyclic) bond motifs is 7. The van der Waals surface area contributed by atoms with Crippen molar-refractivity contribution >= 4 is 71.1 Å². The van der Waals surface area contributed by atoms with Crippen molar-refractivity contribution in [2.75, 3.05) is 0 Å². The average molecular weight is 370 g/mol. The van der Waals surface area contributed by atoms with Crippen LogP contribution in [0.4, 0.5) is 0 Å². The van der Waals surface area contributed by atoms with E-state index >= 15 is 0 Å². The number of H-pyrrole nitrogens is 1. The van der Waals surface area contributed by atoms with Crippen LogP contribution < -0.4 is 0 Å². The Morgan fingerprint density at radius 1 is 0.586 bits per heavy atom. The first-order valence-electron chi connectivity index (χ1n) is 9.89. The molecular formula is C26H14N2O. The lowest BCUT2D eigenvalue weighted by Crippen LogP contribution is -1.85. The van der Waals surface area contributed by atoms with Gasteiger partial charge in [0.05, 0.1) is 11.0 Å². The van der Waals surface area contributed by atoms with Crippen LogP contribution in [0.25, 0.3) is 71.1 Å². The van der Waals surface area contributed by atoms with E-state index < -0.39 is 0 Å². The fourth-order valence-corrected chi connectivity index (χ4v) is 5.36. The van der Waals surface area contributed by atoms with E-state index in [0.717, 1.165) is 27.5 Å². The van der Waals surface area contributed by atoms with Crippen LogP contribution in [-0.4, -0.2) is 9.38 Å². The number of aromatic nitrogens is 2. The molecule has 0 radical (unpaired) electrons. The zero-order valence-electron chi connectivity index (χ0n) is 15.4. The molecule has 0 spiro atoms. The van der Waals surface area contributed by atoms with E-state index in [4.69, 9.17) is 4.42 Å². The lowest BCUT2D eigenvalue weighted by Gasteiger charge is -2.01. The SMILES string of the molecule is c1ccc2c(c1)oc1c3cccc4c5cccc6[nH]c7cccc(c7c65)n(c43)c21. The summed E-state index contributed by atoms with van der Waals surface area (Å²) in [7, 11) is 0. The second kappa shape index (κ2) is 4.53. The summed E-state index contributed by atoms with van der Waals surface area (Å²) in [4.78, 5) is 3.62. The van der Waals surface area contributed by atoms with Gasteiger partial charge in [-0.1, -0.05) is 42.5 Å². The van der Waals surface area contributed by atoms with Crippen molar-refractivity contribution in [3.63, 3.8) is 0 Å². The molecule has 4 aromatic heterocycles. The Morgan fingerprint density at radius 2 is 1.31 bits per heavy atom. The van der Waals surface area contributed by atoms with Gasteiger partial charge in [-0.05, 0) is 41.8 Å². The molecular weight excluding hydrogens is 356 g/mol. The predicted octanol–water partition coefficient (Wildman–Crippen LogP) is 7.22. The Morgan fingerprint density at radius 3 is 2.28 bits per heavy atom. The van der Waals surface area contributed by atoms with E-state index in [1.165, 1.54) is 43.6 Å². The van der Waals surface area contributed by atoms with Crippen LogP contribution in [0.2, 0.25) is 0 Å². The van der Waals surface area contributed by atoms with Gasteiger partial charge in [0.2, 0.25) is 0 Å². The van der Waals surface area contributed by atoms with Gasteiger partial charge >= 0.3 is 0 Å². The number of benzene rings is 4. The molecule has 0 atom stereocenters. The van der Waals surface area contributed by atoms with E-state index in [0.29, 0.717) is 0 Å². The molecule has 4 aromatic carbocycles. The molecule has 0 amide bonds. The summed E-state index contributed by atoms with van der Waals surface area (Å²) >= 11 is 0. The molecule has 134 valence electrons. The van der Waals surface area contributed by atoms with Gasteiger partial charge in [0.1, 0.15) is 11.1 Å². The van der Waals surface area contributed by atoms with Crippen molar-refractivity contribution in [3.05, 3.63) is 78.9 Å². The highest BCUT2D eigenvalue weighted by Crippen LogP contribution is 2.44. The fraction of sp³-hybridized carbons (Fsp3) is 0. The standard InChI is InChI=1S/C26H14N2O/c1-2-13-21-16(6-1)25-26(29-21)17-9-3-8-15-14-7-4-10-18-22(14)23-19(27-18)11-5-12-20(23)28(25)24(15)17/h1-13,27H. The van der Waals surface area contributed by atoms with Gasteiger partial charge in [-0.2, -0.15) is 0 Å². The average Bonchev–Trinajstić information content (AvgIpc) is 3.39. The van der Waals surface area contributed by atoms with E-state index in [9.17, 15) is 0 Å². The highest BCUT2D eigenvalue weighted by Gasteiger charge is 2.22. The quantitative estimate of drug-likeness (QED) is 0.300. The molecule has 1 N–H and O–H groups in total. The van der Waals surface area contributed by atoms with E-state index in [1.807, 2.05) is 6.07 Å². The van der Waals surface area contributed by atoms with Crippen molar-refractivity contribution in [2.45, 2.75) is 0 Å². The molecule has 4 heterocycles.